The molecular formula is C72H68N4O16. The Morgan fingerprint density at radius 3 is 0.543 bits per heavy atom. The molecule has 8 bridgehead atoms. The fraction of sp³-hybridized carbons (Fsp3) is 0.278. The molecule has 1 aliphatic carbocycles. The number of nitro benzene ring substituents is 4. The molecule has 472 valence electrons. The van der Waals surface area contributed by atoms with Crippen LogP contribution in [0.5, 0.6) is 23.0 Å². The summed E-state index contributed by atoms with van der Waals surface area (Å²) in [6, 6.07) is 34.8. The SMILES string of the molecule is CC(C)(C)c1cc2c(OC(=O)c3ccc([N+](=O)[O-])cc3)c(c1)Cc1cc(C(C)(C)C)cc(c1OC(=O)c1ccc([N+](=O)[O-])cc1)Cc1cc(C(C)(C)C)cc(c1OC(=O)c1ccc([N+](=O)[O-])cc1)Cc1cc(C(C)(C)C)cc(c1OC(=O)c1ccc([N+](=O)[O-])cc1)C2. The molecule has 0 N–H and O–H groups in total. The number of benzene rings is 8. The van der Waals surface area contributed by atoms with Gasteiger partial charge >= 0.3 is 23.9 Å². The summed E-state index contributed by atoms with van der Waals surface area (Å²) < 4.78 is 26.5. The number of hydrogen-bond donors (Lipinski definition) is 0. The van der Waals surface area contributed by atoms with Gasteiger partial charge in [0, 0.05) is 119 Å². The summed E-state index contributed by atoms with van der Waals surface area (Å²) in [5.74, 6) is -3.31. The number of rotatable bonds is 12. The average molecular weight is 1250 g/mol. The Kier molecular flexibility index (Phi) is 18.0. The monoisotopic (exact) mass is 1240 g/mol. The number of fused-ring (bicyclic) bond motifs is 8. The molecule has 9 rings (SSSR count). The quantitative estimate of drug-likeness (QED) is 0.0475. The van der Waals surface area contributed by atoms with Crippen LogP contribution in [-0.2, 0) is 47.3 Å². The van der Waals surface area contributed by atoms with Gasteiger partial charge in [-0.3, -0.25) is 40.5 Å². The van der Waals surface area contributed by atoms with Crippen molar-refractivity contribution in [1.82, 2.24) is 0 Å². The first-order valence-corrected chi connectivity index (χ1v) is 29.5. The second-order valence-corrected chi connectivity index (χ2v) is 27.0. The van der Waals surface area contributed by atoms with E-state index in [-0.39, 0.29) is 93.7 Å². The van der Waals surface area contributed by atoms with E-state index in [0.29, 0.717) is 44.5 Å². The van der Waals surface area contributed by atoms with Gasteiger partial charge in [-0.2, -0.15) is 0 Å². The molecule has 0 amide bonds. The lowest BCUT2D eigenvalue weighted by Crippen LogP contribution is -2.20. The molecule has 0 radical (unpaired) electrons. The summed E-state index contributed by atoms with van der Waals surface area (Å²) >= 11 is 0. The molecule has 0 spiro atoms. The fourth-order valence-corrected chi connectivity index (χ4v) is 10.6. The van der Waals surface area contributed by atoms with Crippen LogP contribution in [0.2, 0.25) is 0 Å². The van der Waals surface area contributed by atoms with Gasteiger partial charge in [-0.1, -0.05) is 132 Å². The first kappa shape index (κ1) is 65.7. The number of nitro groups is 4. The number of ether oxygens (including phenoxy) is 4. The van der Waals surface area contributed by atoms with Crippen molar-refractivity contribution in [3.8, 4) is 23.0 Å². The Hall–Kier alpha value is -10.8. The number of nitrogens with zero attached hydrogens (tertiary/aromatic N) is 4. The van der Waals surface area contributed by atoms with E-state index in [1.165, 1.54) is 97.1 Å². The van der Waals surface area contributed by atoms with Crippen molar-refractivity contribution in [1.29, 1.82) is 0 Å². The molecule has 20 nitrogen and oxygen atoms in total. The Bertz CT molecular complexity index is 3670. The van der Waals surface area contributed by atoms with Crippen LogP contribution in [-0.4, -0.2) is 43.6 Å². The van der Waals surface area contributed by atoms with Crippen molar-refractivity contribution < 1.29 is 57.8 Å². The maximum absolute atomic E-state index is 14.8. The molecule has 8 aromatic rings. The molecule has 0 saturated carbocycles. The molecule has 8 aromatic carbocycles. The first-order chi connectivity index (χ1) is 43.0. The van der Waals surface area contributed by atoms with E-state index in [1.807, 2.05) is 132 Å². The lowest BCUT2D eigenvalue weighted by atomic mass is 9.79. The van der Waals surface area contributed by atoms with Crippen LogP contribution in [0.4, 0.5) is 22.7 Å². The number of esters is 4. The van der Waals surface area contributed by atoms with Crippen LogP contribution < -0.4 is 18.9 Å². The summed E-state index contributed by atoms with van der Waals surface area (Å²) in [7, 11) is 0. The van der Waals surface area contributed by atoms with Gasteiger partial charge in [-0.05, 0) is 92.4 Å². The van der Waals surface area contributed by atoms with Crippen LogP contribution in [0.3, 0.4) is 0 Å². The van der Waals surface area contributed by atoms with Crippen LogP contribution in [0.15, 0.2) is 146 Å². The molecule has 92 heavy (non-hydrogen) atoms. The first-order valence-electron chi connectivity index (χ1n) is 29.5. The molecule has 0 saturated heterocycles. The molecular weight excluding hydrogens is 1180 g/mol. The van der Waals surface area contributed by atoms with Crippen molar-refractivity contribution in [2.45, 2.75) is 130 Å². The van der Waals surface area contributed by atoms with Gasteiger partial charge in [0.25, 0.3) is 22.7 Å². The third-order valence-corrected chi connectivity index (χ3v) is 16.0. The zero-order chi connectivity index (χ0) is 67.1. The molecule has 0 fully saturated rings. The van der Waals surface area contributed by atoms with Crippen LogP contribution in [0.1, 0.15) is 191 Å². The lowest BCUT2D eigenvalue weighted by Gasteiger charge is -2.29. The van der Waals surface area contributed by atoms with E-state index < -0.39 is 65.2 Å². The van der Waals surface area contributed by atoms with Crippen molar-refractivity contribution in [3.05, 3.63) is 275 Å². The molecule has 20 heteroatoms. The van der Waals surface area contributed by atoms with E-state index in [1.54, 1.807) is 0 Å². The Labute approximate surface area is 530 Å². The topological polar surface area (TPSA) is 278 Å². The highest BCUT2D eigenvalue weighted by Crippen LogP contribution is 2.45. The predicted molar refractivity (Wildman–Crippen MR) is 344 cm³/mol. The van der Waals surface area contributed by atoms with Crippen LogP contribution in [0, 0.1) is 40.5 Å². The van der Waals surface area contributed by atoms with Crippen LogP contribution >= 0.6 is 0 Å². The third-order valence-electron chi connectivity index (χ3n) is 16.0. The maximum Gasteiger partial charge on any atom is 0.343 e. The number of carbonyl (C=O) groups excluding carboxylic acids is 4. The molecule has 0 aliphatic heterocycles. The summed E-state index contributed by atoms with van der Waals surface area (Å²) in [5.41, 5.74) is 2.66. The molecule has 0 atom stereocenters. The van der Waals surface area contributed by atoms with Crippen molar-refractivity contribution in [2.75, 3.05) is 0 Å². The number of hydrogen-bond acceptors (Lipinski definition) is 16. The fourth-order valence-electron chi connectivity index (χ4n) is 10.6. The van der Waals surface area contributed by atoms with Gasteiger partial charge < -0.3 is 18.9 Å². The Morgan fingerprint density at radius 2 is 0.424 bits per heavy atom. The van der Waals surface area contributed by atoms with Gasteiger partial charge in [0.1, 0.15) is 23.0 Å². The molecule has 0 aromatic heterocycles. The van der Waals surface area contributed by atoms with Gasteiger partial charge in [0.05, 0.1) is 41.9 Å². The molecule has 1 aliphatic rings. The Morgan fingerprint density at radius 1 is 0.283 bits per heavy atom. The minimum absolute atomic E-state index is 0.0279. The van der Waals surface area contributed by atoms with E-state index in [2.05, 4.69) is 0 Å². The normalized spacial score (nSPS) is 12.5. The van der Waals surface area contributed by atoms with Gasteiger partial charge in [0.2, 0.25) is 0 Å². The molecule has 0 unspecified atom stereocenters. The minimum atomic E-state index is -0.882. The molecule has 0 heterocycles. The van der Waals surface area contributed by atoms with Gasteiger partial charge in [-0.15, -0.1) is 0 Å². The summed E-state index contributed by atoms with van der Waals surface area (Å²) in [4.78, 5) is 104. The van der Waals surface area contributed by atoms with E-state index in [0.717, 1.165) is 22.3 Å². The van der Waals surface area contributed by atoms with Gasteiger partial charge in [-0.25, -0.2) is 19.2 Å². The number of non-ortho nitro benzene ring substituents is 4. The van der Waals surface area contributed by atoms with Gasteiger partial charge in [0.15, 0.2) is 0 Å². The second kappa shape index (κ2) is 25.3. The predicted octanol–water partition coefficient (Wildman–Crippen LogP) is 16.1. The third kappa shape index (κ3) is 14.8. The zero-order valence-electron chi connectivity index (χ0n) is 53.0. The summed E-state index contributed by atoms with van der Waals surface area (Å²) in [5, 5.41) is 47.3. The standard InChI is InChI=1S/C72H68N4O16/c1-69(2,3)53-33-45-29-47-35-54(70(4,5)6)37-49(62(47)90-66(78)42-15-23-58(24-16-42)74(83)84)31-51-39-56(72(10,11)12)40-52(64(51)92-68(80)44-19-27-60(28-20-44)76(87)88)32-50-38-55(71(7,8)9)36-48(63(50)91-67(79)43-17-25-59(26-18-43)75(85)86)30-46(34-53)61(45)89-65(77)41-13-21-57(22-14-41)73(81)82/h13-28,33-40H,29-32H2,1-12H3. The highest BCUT2D eigenvalue weighted by Gasteiger charge is 2.33. The second-order valence-electron chi connectivity index (χ2n) is 27.0. The summed E-state index contributed by atoms with van der Waals surface area (Å²) in [6.07, 6.45) is -0.484. The minimum Gasteiger partial charge on any atom is -0.422 e. The average Bonchev–Trinajstić information content (AvgIpc) is 0.772. The largest absolute Gasteiger partial charge is 0.422 e. The van der Waals surface area contributed by atoms with Crippen molar-refractivity contribution >= 4 is 46.6 Å². The maximum atomic E-state index is 14.8. The smallest absolute Gasteiger partial charge is 0.343 e. The van der Waals surface area contributed by atoms with E-state index in [9.17, 15) is 59.6 Å². The highest BCUT2D eigenvalue weighted by atomic mass is 16.6. The number of carbonyl (C=O) groups is 4. The van der Waals surface area contributed by atoms with E-state index in [4.69, 9.17) is 18.9 Å². The Balaban J connectivity index is 1.42. The summed E-state index contributed by atoms with van der Waals surface area (Å²) in [6.45, 7) is 24.0. The zero-order valence-corrected chi connectivity index (χ0v) is 53.0. The van der Waals surface area contributed by atoms with Crippen molar-refractivity contribution in [3.63, 3.8) is 0 Å². The lowest BCUT2D eigenvalue weighted by molar-refractivity contribution is -0.385. The highest BCUT2D eigenvalue weighted by molar-refractivity contribution is 5.94. The van der Waals surface area contributed by atoms with Crippen LogP contribution in [0.25, 0.3) is 0 Å². The van der Waals surface area contributed by atoms with Crippen molar-refractivity contribution in [2.24, 2.45) is 0 Å². The van der Waals surface area contributed by atoms with E-state index >= 15 is 0 Å².